The third-order valence-corrected chi connectivity index (χ3v) is 0. The summed E-state index contributed by atoms with van der Waals surface area (Å²) in [5.74, 6) is 0. The van der Waals surface area contributed by atoms with Gasteiger partial charge in [0.1, 0.15) is 0 Å². The molecule has 0 aromatic carbocycles. The summed E-state index contributed by atoms with van der Waals surface area (Å²) in [5.41, 5.74) is 0. The van der Waals surface area contributed by atoms with Crippen molar-refractivity contribution in [3.63, 3.8) is 0 Å². The molecule has 0 bridgehead atoms. The number of rotatable bonds is 0. The minimum absolute atomic E-state index is 0. The van der Waals surface area contributed by atoms with Crippen LogP contribution in [0.1, 0.15) is 0 Å². The first-order chi connectivity index (χ1) is 2.00. The third kappa shape index (κ3) is 592. The Balaban J connectivity index is 0. The Morgan fingerprint density at radius 1 is 1.17 bits per heavy atom. The minimum Gasteiger partial charge on any atom is -0.303 e. The molecule has 0 aliphatic carbocycles. The molecule has 0 spiro atoms. The van der Waals surface area contributed by atoms with E-state index >= 15 is 0 Å². The quantitative estimate of drug-likeness (QED) is 0.265. The fourth-order valence-electron chi connectivity index (χ4n) is 0. The van der Waals surface area contributed by atoms with Crippen LogP contribution >= 0.6 is 7.82 Å². The van der Waals surface area contributed by atoms with Crippen molar-refractivity contribution in [3.05, 3.63) is 0 Å². The van der Waals surface area contributed by atoms with Crippen molar-refractivity contribution in [2.75, 3.05) is 0 Å². The summed E-state index contributed by atoms with van der Waals surface area (Å²) in [4.78, 5) is 21.6. The maximum absolute atomic E-state index is 8.88. The van der Waals surface area contributed by atoms with Gasteiger partial charge in [-0.05, 0) is 0 Å². The Kier molecular flexibility index (Phi) is 3.90. The van der Waals surface area contributed by atoms with E-state index in [1.165, 1.54) is 0 Å². The molecule has 0 unspecified atom stereocenters. The fraction of sp³-hybridized carbons (Fsp3) is 0. The zero-order valence-electron chi connectivity index (χ0n) is 2.90. The molecule has 0 aromatic heterocycles. The van der Waals surface area contributed by atoms with Crippen LogP contribution in [0.15, 0.2) is 0 Å². The van der Waals surface area contributed by atoms with E-state index in [0.717, 1.165) is 0 Å². The average Bonchev–Trinajstić information content (AvgIpc) is 0.722. The van der Waals surface area contributed by atoms with Crippen LogP contribution in [0.5, 0.6) is 0 Å². The van der Waals surface area contributed by atoms with Gasteiger partial charge in [-0.1, -0.05) is 0 Å². The van der Waals surface area contributed by atoms with Crippen molar-refractivity contribution in [2.45, 2.75) is 0 Å². The molecule has 0 aliphatic heterocycles. The molecule has 6 heavy (non-hydrogen) atoms. The van der Waals surface area contributed by atoms with Gasteiger partial charge in [0.05, 0.1) is 0 Å². The summed E-state index contributed by atoms with van der Waals surface area (Å²) < 4.78 is 8.88. The monoisotopic (exact) mass is 107 g/mol. The fourth-order valence-corrected chi connectivity index (χ4v) is 0. The second-order valence-corrected chi connectivity index (χ2v) is 1.54. The summed E-state index contributed by atoms with van der Waals surface area (Å²) in [6, 6.07) is 0. The van der Waals surface area contributed by atoms with E-state index in [9.17, 15) is 0 Å². The molecule has 6 heteroatoms. The van der Waals surface area contributed by atoms with Gasteiger partial charge in [-0.15, -0.1) is 0 Å². The summed E-state index contributed by atoms with van der Waals surface area (Å²) in [6.45, 7) is 0. The first-order valence-electron chi connectivity index (χ1n) is 0.783. The van der Waals surface area contributed by atoms with Gasteiger partial charge in [-0.3, -0.25) is 0 Å². The van der Waals surface area contributed by atoms with Crippen LogP contribution in [0, 0.1) is 0 Å². The van der Waals surface area contributed by atoms with Crippen LogP contribution in [0.2, 0.25) is 0 Å². The Morgan fingerprint density at radius 2 is 1.17 bits per heavy atom. The smallest absolute Gasteiger partial charge is 0.303 e. The largest absolute Gasteiger partial charge is 2.00 e. The van der Waals surface area contributed by atoms with Gasteiger partial charge in [0.25, 0.3) is 0 Å². The van der Waals surface area contributed by atoms with Crippen LogP contribution in [-0.2, 0) is 4.57 Å². The van der Waals surface area contributed by atoms with Crippen molar-refractivity contribution in [3.8, 4) is 0 Å². The van der Waals surface area contributed by atoms with Gasteiger partial charge in [-0.2, -0.15) is 0 Å². The molecule has 0 atom stereocenters. The van der Waals surface area contributed by atoms with Crippen molar-refractivity contribution in [1.29, 1.82) is 0 Å². The van der Waals surface area contributed by atoms with Gasteiger partial charge in [0, 0.05) is 0 Å². The normalized spacial score (nSPS) is 9.83. The predicted molar refractivity (Wildman–Crippen MR) is 20.0 cm³/mol. The van der Waals surface area contributed by atoms with Crippen LogP contribution in [0.25, 0.3) is 0 Å². The standard InChI is InChI=1S/Be.H3O4P/c;1-5(2,3)4/h;(H3,1,2,3,4)/q+2;. The topological polar surface area (TPSA) is 77.8 Å². The van der Waals surface area contributed by atoms with E-state index in [1.54, 1.807) is 0 Å². The molecule has 0 aromatic rings. The molecule has 0 radical (unpaired) electrons. The number of hydrogen-bond donors (Lipinski definition) is 3. The molecule has 0 fully saturated rings. The van der Waals surface area contributed by atoms with Crippen LogP contribution in [-0.4, -0.2) is 24.8 Å². The predicted octanol–water partition coefficient (Wildman–Crippen LogP) is -1.31. The molecular weight excluding hydrogens is 104 g/mol. The van der Waals surface area contributed by atoms with Gasteiger partial charge in [0.2, 0.25) is 0 Å². The summed E-state index contributed by atoms with van der Waals surface area (Å²) in [5, 5.41) is 0. The number of hydrogen-bond acceptors (Lipinski definition) is 1. The molecule has 0 heterocycles. The van der Waals surface area contributed by atoms with Crippen molar-refractivity contribution in [2.24, 2.45) is 0 Å². The third-order valence-electron chi connectivity index (χ3n) is 0. The minimum atomic E-state index is -4.64. The SMILES string of the molecule is O=P(O)(O)O.[Be+2]. The van der Waals surface area contributed by atoms with E-state index in [1.807, 2.05) is 0 Å². The zero-order valence-corrected chi connectivity index (χ0v) is 3.80. The number of phosphoric acid groups is 1. The molecule has 0 amide bonds. The molecular formula is H3BeO4P+2. The Labute approximate surface area is 38.3 Å². The van der Waals surface area contributed by atoms with E-state index in [0.29, 0.717) is 0 Å². The van der Waals surface area contributed by atoms with Crippen LogP contribution < -0.4 is 0 Å². The molecule has 0 aliphatic rings. The van der Waals surface area contributed by atoms with E-state index in [2.05, 4.69) is 0 Å². The molecule has 0 saturated carbocycles. The zero-order chi connectivity index (χ0) is 4.50. The molecule has 32 valence electrons. The maximum Gasteiger partial charge on any atom is 2.00 e. The first kappa shape index (κ1) is 9.56. The van der Waals surface area contributed by atoms with Gasteiger partial charge in [-0.25, -0.2) is 4.57 Å². The molecule has 0 saturated heterocycles. The molecule has 0 rings (SSSR count). The summed E-state index contributed by atoms with van der Waals surface area (Å²) >= 11 is 0. The van der Waals surface area contributed by atoms with E-state index in [4.69, 9.17) is 19.2 Å². The Morgan fingerprint density at radius 3 is 1.17 bits per heavy atom. The Hall–Kier alpha value is 0.279. The molecule has 3 N–H and O–H groups in total. The maximum atomic E-state index is 8.88. The van der Waals surface area contributed by atoms with Gasteiger partial charge in [0.15, 0.2) is 0 Å². The molecule has 4 nitrogen and oxygen atoms in total. The average molecular weight is 107 g/mol. The Bertz CT molecular complexity index is 53.7. The van der Waals surface area contributed by atoms with Crippen LogP contribution in [0.4, 0.5) is 0 Å². The van der Waals surface area contributed by atoms with Crippen molar-refractivity contribution < 1.29 is 19.2 Å². The second-order valence-electron chi connectivity index (χ2n) is 0.513. The van der Waals surface area contributed by atoms with E-state index < -0.39 is 7.82 Å². The van der Waals surface area contributed by atoms with Crippen molar-refractivity contribution in [1.82, 2.24) is 0 Å². The summed E-state index contributed by atoms with van der Waals surface area (Å²) in [6.07, 6.45) is 0. The first-order valence-corrected chi connectivity index (χ1v) is 2.35. The van der Waals surface area contributed by atoms with Crippen LogP contribution in [0.3, 0.4) is 0 Å². The van der Waals surface area contributed by atoms with E-state index in [-0.39, 0.29) is 10.1 Å². The van der Waals surface area contributed by atoms with Gasteiger partial charge < -0.3 is 14.7 Å². The summed E-state index contributed by atoms with van der Waals surface area (Å²) in [7, 11) is -4.64. The van der Waals surface area contributed by atoms with Crippen molar-refractivity contribution >= 4 is 17.9 Å². The second kappa shape index (κ2) is 2.45. The van der Waals surface area contributed by atoms with Gasteiger partial charge >= 0.3 is 17.9 Å².